The molecule has 0 radical (unpaired) electrons. The number of hydrogen-bond donors (Lipinski definition) is 0. The second kappa shape index (κ2) is 4.15. The summed E-state index contributed by atoms with van der Waals surface area (Å²) < 4.78 is 5.37. The van der Waals surface area contributed by atoms with E-state index in [1.165, 1.54) is 5.56 Å². The summed E-state index contributed by atoms with van der Waals surface area (Å²) in [5.74, 6) is 0.543. The van der Waals surface area contributed by atoms with Gasteiger partial charge in [0.1, 0.15) is 5.54 Å². The smallest absolute Gasteiger partial charge is 0.110 e. The first-order chi connectivity index (χ1) is 7.56. The molecule has 0 amide bonds. The molecule has 3 nitrogen and oxygen atoms in total. The Morgan fingerprint density at radius 1 is 1.38 bits per heavy atom. The topological polar surface area (TPSA) is 25.4 Å². The number of rotatable bonds is 3. The standard InChI is InChI=1S/C13H20N2O/c1-10(2)11-5-6-14-12(7-11)13(15(3)4)8-16-9-13/h5-7,10H,8-9H2,1-4H3. The van der Waals surface area contributed by atoms with E-state index in [-0.39, 0.29) is 5.54 Å². The summed E-state index contributed by atoms with van der Waals surface area (Å²) in [5, 5.41) is 0. The van der Waals surface area contributed by atoms with Gasteiger partial charge in [-0.3, -0.25) is 9.88 Å². The SMILES string of the molecule is CC(C)c1ccnc(C2(N(C)C)COC2)c1. The molecule has 0 N–H and O–H groups in total. The second-order valence-corrected chi connectivity index (χ2v) is 5.05. The number of likely N-dealkylation sites (N-methyl/N-ethyl adjacent to an activating group) is 1. The molecule has 0 unspecified atom stereocenters. The Bertz CT molecular complexity index is 370. The van der Waals surface area contributed by atoms with E-state index in [1.54, 1.807) is 0 Å². The maximum Gasteiger partial charge on any atom is 0.110 e. The summed E-state index contributed by atoms with van der Waals surface area (Å²) in [6.07, 6.45) is 1.91. The minimum absolute atomic E-state index is 0.00903. The van der Waals surface area contributed by atoms with Crippen molar-refractivity contribution in [2.75, 3.05) is 27.3 Å². The molecule has 1 aromatic heterocycles. The summed E-state index contributed by atoms with van der Waals surface area (Å²) in [6, 6.07) is 4.31. The lowest BCUT2D eigenvalue weighted by Gasteiger charge is -2.46. The third-order valence-electron chi connectivity index (χ3n) is 3.47. The van der Waals surface area contributed by atoms with Gasteiger partial charge in [0, 0.05) is 6.20 Å². The zero-order chi connectivity index (χ0) is 11.8. The van der Waals surface area contributed by atoms with Gasteiger partial charge in [-0.15, -0.1) is 0 Å². The van der Waals surface area contributed by atoms with Crippen molar-refractivity contribution in [3.05, 3.63) is 29.6 Å². The Hall–Kier alpha value is -0.930. The molecule has 3 heteroatoms. The molecule has 0 bridgehead atoms. The summed E-state index contributed by atoms with van der Waals surface area (Å²) >= 11 is 0. The highest BCUT2D eigenvalue weighted by molar-refractivity contribution is 5.26. The molecule has 0 atom stereocenters. The van der Waals surface area contributed by atoms with Crippen molar-refractivity contribution >= 4 is 0 Å². The van der Waals surface area contributed by atoms with E-state index < -0.39 is 0 Å². The van der Waals surface area contributed by atoms with E-state index in [2.05, 4.69) is 50.0 Å². The van der Waals surface area contributed by atoms with E-state index in [0.29, 0.717) is 5.92 Å². The van der Waals surface area contributed by atoms with E-state index in [1.807, 2.05) is 6.20 Å². The minimum Gasteiger partial charge on any atom is -0.377 e. The Labute approximate surface area is 97.4 Å². The van der Waals surface area contributed by atoms with Gasteiger partial charge in [0.15, 0.2) is 0 Å². The average Bonchev–Trinajstić information content (AvgIpc) is 2.15. The highest BCUT2D eigenvalue weighted by Crippen LogP contribution is 2.33. The fourth-order valence-electron chi connectivity index (χ4n) is 1.99. The molecule has 2 heterocycles. The molecule has 1 fully saturated rings. The van der Waals surface area contributed by atoms with Gasteiger partial charge in [-0.05, 0) is 37.7 Å². The lowest BCUT2D eigenvalue weighted by molar-refractivity contribution is -0.132. The number of pyridine rings is 1. The van der Waals surface area contributed by atoms with Crippen LogP contribution in [0.1, 0.15) is 31.0 Å². The maximum atomic E-state index is 5.37. The van der Waals surface area contributed by atoms with Crippen molar-refractivity contribution in [2.45, 2.75) is 25.3 Å². The first-order valence-electron chi connectivity index (χ1n) is 5.78. The molecule has 0 saturated carbocycles. The first kappa shape index (κ1) is 11.6. The van der Waals surface area contributed by atoms with Gasteiger partial charge in [0.2, 0.25) is 0 Å². The number of aromatic nitrogens is 1. The first-order valence-corrected chi connectivity index (χ1v) is 5.78. The Morgan fingerprint density at radius 3 is 2.50 bits per heavy atom. The summed E-state index contributed by atoms with van der Waals surface area (Å²) in [5.41, 5.74) is 2.47. The van der Waals surface area contributed by atoms with Crippen LogP contribution in [-0.2, 0) is 10.3 Å². The molecule has 88 valence electrons. The van der Waals surface area contributed by atoms with Crippen LogP contribution in [-0.4, -0.2) is 37.2 Å². The number of ether oxygens (including phenoxy) is 1. The molecule has 1 saturated heterocycles. The monoisotopic (exact) mass is 220 g/mol. The zero-order valence-electron chi connectivity index (χ0n) is 10.5. The van der Waals surface area contributed by atoms with E-state index >= 15 is 0 Å². The van der Waals surface area contributed by atoms with Crippen LogP contribution < -0.4 is 0 Å². The van der Waals surface area contributed by atoms with E-state index in [9.17, 15) is 0 Å². The third kappa shape index (κ3) is 1.74. The van der Waals surface area contributed by atoms with Gasteiger partial charge in [0.25, 0.3) is 0 Å². The van der Waals surface area contributed by atoms with Crippen LogP contribution in [0.15, 0.2) is 18.3 Å². The predicted molar refractivity (Wildman–Crippen MR) is 64.5 cm³/mol. The van der Waals surface area contributed by atoms with Crippen molar-refractivity contribution in [1.82, 2.24) is 9.88 Å². The normalized spacial score (nSPS) is 18.9. The Balaban J connectivity index is 2.35. The van der Waals surface area contributed by atoms with Crippen LogP contribution in [0.25, 0.3) is 0 Å². The number of hydrogen-bond acceptors (Lipinski definition) is 3. The lowest BCUT2D eigenvalue weighted by atomic mass is 9.89. The molecule has 1 aromatic rings. The molecule has 1 aliphatic heterocycles. The van der Waals surface area contributed by atoms with Crippen LogP contribution in [0.2, 0.25) is 0 Å². The fourth-order valence-corrected chi connectivity index (χ4v) is 1.99. The van der Waals surface area contributed by atoms with Crippen molar-refractivity contribution in [2.24, 2.45) is 0 Å². The molecule has 16 heavy (non-hydrogen) atoms. The van der Waals surface area contributed by atoms with Gasteiger partial charge < -0.3 is 4.74 Å². The van der Waals surface area contributed by atoms with Crippen molar-refractivity contribution < 1.29 is 4.74 Å². The van der Waals surface area contributed by atoms with Crippen molar-refractivity contribution in [3.63, 3.8) is 0 Å². The predicted octanol–water partition coefficient (Wildman–Crippen LogP) is 1.99. The highest BCUT2D eigenvalue weighted by Gasteiger charge is 2.43. The molecule has 0 aromatic carbocycles. The third-order valence-corrected chi connectivity index (χ3v) is 3.47. The largest absolute Gasteiger partial charge is 0.377 e. The highest BCUT2D eigenvalue weighted by atomic mass is 16.5. The molecular formula is C13H20N2O. The molecule has 1 aliphatic rings. The van der Waals surface area contributed by atoms with Gasteiger partial charge in [-0.2, -0.15) is 0 Å². The van der Waals surface area contributed by atoms with Gasteiger partial charge >= 0.3 is 0 Å². The summed E-state index contributed by atoms with van der Waals surface area (Å²) in [6.45, 7) is 5.90. The Kier molecular flexibility index (Phi) is 3.00. The van der Waals surface area contributed by atoms with Crippen LogP contribution >= 0.6 is 0 Å². The summed E-state index contributed by atoms with van der Waals surface area (Å²) in [7, 11) is 4.18. The second-order valence-electron chi connectivity index (χ2n) is 5.05. The van der Waals surface area contributed by atoms with Crippen LogP contribution in [0.5, 0.6) is 0 Å². The lowest BCUT2D eigenvalue weighted by Crippen LogP contribution is -2.57. The molecule has 2 rings (SSSR count). The number of nitrogens with zero attached hydrogens (tertiary/aromatic N) is 2. The average molecular weight is 220 g/mol. The quantitative estimate of drug-likeness (QED) is 0.779. The molecular weight excluding hydrogens is 200 g/mol. The summed E-state index contributed by atoms with van der Waals surface area (Å²) in [4.78, 5) is 6.73. The van der Waals surface area contributed by atoms with Crippen LogP contribution in [0.3, 0.4) is 0 Å². The molecule has 0 aliphatic carbocycles. The fraction of sp³-hybridized carbons (Fsp3) is 0.615. The van der Waals surface area contributed by atoms with Crippen LogP contribution in [0, 0.1) is 0 Å². The van der Waals surface area contributed by atoms with Gasteiger partial charge in [0.05, 0.1) is 18.9 Å². The van der Waals surface area contributed by atoms with Crippen molar-refractivity contribution in [1.29, 1.82) is 0 Å². The zero-order valence-corrected chi connectivity index (χ0v) is 10.5. The maximum absolute atomic E-state index is 5.37. The van der Waals surface area contributed by atoms with E-state index in [0.717, 1.165) is 18.9 Å². The Morgan fingerprint density at radius 2 is 2.06 bits per heavy atom. The van der Waals surface area contributed by atoms with Crippen LogP contribution in [0.4, 0.5) is 0 Å². The van der Waals surface area contributed by atoms with Gasteiger partial charge in [-0.25, -0.2) is 0 Å². The van der Waals surface area contributed by atoms with E-state index in [4.69, 9.17) is 4.74 Å². The van der Waals surface area contributed by atoms with Crippen molar-refractivity contribution in [3.8, 4) is 0 Å². The minimum atomic E-state index is -0.00903. The molecule has 0 spiro atoms. The van der Waals surface area contributed by atoms with Gasteiger partial charge in [-0.1, -0.05) is 13.8 Å².